The van der Waals surface area contributed by atoms with E-state index in [-0.39, 0.29) is 5.63 Å². The van der Waals surface area contributed by atoms with Crippen molar-refractivity contribution in [1.29, 1.82) is 0 Å². The molecule has 27 heavy (non-hydrogen) atoms. The number of nitrogens with zero attached hydrogens (tertiary/aromatic N) is 3. The van der Waals surface area contributed by atoms with Crippen molar-refractivity contribution in [3.05, 3.63) is 76.9 Å². The number of fused-ring (bicyclic) bond motifs is 1. The maximum atomic E-state index is 11.9. The predicted octanol–water partition coefficient (Wildman–Crippen LogP) is 4.43. The lowest BCUT2D eigenvalue weighted by Crippen LogP contribution is -2.02. The average Bonchev–Trinajstić information content (AvgIpc) is 3.29. The van der Waals surface area contributed by atoms with E-state index in [9.17, 15) is 4.79 Å². The molecule has 1 aromatic carbocycles. The monoisotopic (exact) mass is 379 g/mol. The highest BCUT2D eigenvalue weighted by Crippen LogP contribution is 2.29. The average molecular weight is 379 g/mol. The molecule has 0 amide bonds. The molecular formula is C20H17N3O3S. The standard InChI is InChI=1S/C20H17N3O3S/c1-3-8-23-19(16-5-4-9-25-16)21-22-20(23)27-12-14-11-18(24)26-17-10-13(2)6-7-15(14)17/h3-7,9-11H,1,8,12H2,2H3. The first kappa shape index (κ1) is 17.4. The molecular weight excluding hydrogens is 362 g/mol. The van der Waals surface area contributed by atoms with Crippen molar-refractivity contribution >= 4 is 22.7 Å². The van der Waals surface area contributed by atoms with E-state index in [1.54, 1.807) is 12.3 Å². The molecule has 0 N–H and O–H groups in total. The third-order valence-electron chi connectivity index (χ3n) is 4.11. The normalized spacial score (nSPS) is 11.1. The van der Waals surface area contributed by atoms with E-state index in [2.05, 4.69) is 16.8 Å². The van der Waals surface area contributed by atoms with Gasteiger partial charge in [-0.05, 0) is 36.2 Å². The minimum Gasteiger partial charge on any atom is -0.461 e. The van der Waals surface area contributed by atoms with Crippen LogP contribution in [-0.4, -0.2) is 14.8 Å². The number of aromatic nitrogens is 3. The molecule has 136 valence electrons. The third-order valence-corrected chi connectivity index (χ3v) is 5.13. The molecule has 0 aliphatic heterocycles. The van der Waals surface area contributed by atoms with Gasteiger partial charge in [0, 0.05) is 23.8 Å². The second-order valence-corrected chi connectivity index (χ2v) is 7.00. The Kier molecular flexibility index (Phi) is 4.68. The molecule has 0 fully saturated rings. The summed E-state index contributed by atoms with van der Waals surface area (Å²) in [6.07, 6.45) is 3.39. The van der Waals surface area contributed by atoms with E-state index in [4.69, 9.17) is 8.83 Å². The summed E-state index contributed by atoms with van der Waals surface area (Å²) in [6, 6.07) is 11.0. The van der Waals surface area contributed by atoms with Crippen LogP contribution in [-0.2, 0) is 12.3 Å². The summed E-state index contributed by atoms with van der Waals surface area (Å²) >= 11 is 1.51. The fourth-order valence-corrected chi connectivity index (χ4v) is 3.81. The summed E-state index contributed by atoms with van der Waals surface area (Å²) in [6.45, 7) is 6.33. The molecule has 0 radical (unpaired) electrons. The van der Waals surface area contributed by atoms with Crippen molar-refractivity contribution < 1.29 is 8.83 Å². The van der Waals surface area contributed by atoms with Gasteiger partial charge in [-0.3, -0.25) is 4.57 Å². The quantitative estimate of drug-likeness (QED) is 0.280. The van der Waals surface area contributed by atoms with Crippen LogP contribution in [0.1, 0.15) is 11.1 Å². The molecule has 0 saturated carbocycles. The molecule has 0 saturated heterocycles. The van der Waals surface area contributed by atoms with Crippen LogP contribution in [0, 0.1) is 6.92 Å². The summed E-state index contributed by atoms with van der Waals surface area (Å²) in [5, 5.41) is 10.2. The van der Waals surface area contributed by atoms with E-state index < -0.39 is 0 Å². The topological polar surface area (TPSA) is 74.1 Å². The van der Waals surface area contributed by atoms with Crippen LogP contribution >= 0.6 is 11.8 Å². The van der Waals surface area contributed by atoms with E-state index in [0.29, 0.717) is 29.5 Å². The highest BCUT2D eigenvalue weighted by Gasteiger charge is 2.16. The Morgan fingerprint density at radius 2 is 2.15 bits per heavy atom. The lowest BCUT2D eigenvalue weighted by Gasteiger charge is -2.08. The highest BCUT2D eigenvalue weighted by molar-refractivity contribution is 7.98. The van der Waals surface area contributed by atoms with Crippen molar-refractivity contribution in [2.24, 2.45) is 0 Å². The zero-order chi connectivity index (χ0) is 18.8. The predicted molar refractivity (Wildman–Crippen MR) is 105 cm³/mol. The lowest BCUT2D eigenvalue weighted by atomic mass is 10.1. The molecule has 0 aliphatic carbocycles. The Balaban J connectivity index is 1.67. The molecule has 7 heteroatoms. The largest absolute Gasteiger partial charge is 0.461 e. The minimum absolute atomic E-state index is 0.354. The van der Waals surface area contributed by atoms with E-state index in [1.165, 1.54) is 17.8 Å². The van der Waals surface area contributed by atoms with Gasteiger partial charge in [0.05, 0.1) is 6.26 Å². The number of thioether (sulfide) groups is 1. The van der Waals surface area contributed by atoms with Crippen molar-refractivity contribution in [1.82, 2.24) is 14.8 Å². The number of hydrogen-bond acceptors (Lipinski definition) is 6. The van der Waals surface area contributed by atoms with Gasteiger partial charge >= 0.3 is 5.63 Å². The number of hydrogen-bond donors (Lipinski definition) is 0. The van der Waals surface area contributed by atoms with Gasteiger partial charge < -0.3 is 8.83 Å². The summed E-state index contributed by atoms with van der Waals surface area (Å²) in [4.78, 5) is 11.9. The third kappa shape index (κ3) is 3.46. The number of aryl methyl sites for hydroxylation is 1. The Bertz CT molecular complexity index is 1160. The van der Waals surface area contributed by atoms with Crippen molar-refractivity contribution in [2.75, 3.05) is 0 Å². The first-order chi connectivity index (χ1) is 13.2. The van der Waals surface area contributed by atoms with Crippen LogP contribution in [0.4, 0.5) is 0 Å². The summed E-state index contributed by atoms with van der Waals surface area (Å²) < 4.78 is 12.7. The van der Waals surface area contributed by atoms with Crippen molar-refractivity contribution in [3.63, 3.8) is 0 Å². The Morgan fingerprint density at radius 1 is 1.26 bits per heavy atom. The number of furan rings is 1. The smallest absolute Gasteiger partial charge is 0.336 e. The zero-order valence-corrected chi connectivity index (χ0v) is 15.5. The number of benzene rings is 1. The SMILES string of the molecule is C=CCn1c(SCc2cc(=O)oc3cc(C)ccc23)nnc1-c1ccco1. The molecule has 0 aliphatic rings. The minimum atomic E-state index is -0.354. The lowest BCUT2D eigenvalue weighted by molar-refractivity contribution is 0.559. The number of rotatable bonds is 6. The molecule has 4 aromatic rings. The summed E-state index contributed by atoms with van der Waals surface area (Å²) in [5.41, 5.74) is 2.19. The van der Waals surface area contributed by atoms with Crippen LogP contribution < -0.4 is 5.63 Å². The van der Waals surface area contributed by atoms with Gasteiger partial charge in [0.25, 0.3) is 0 Å². The van der Waals surface area contributed by atoms with Crippen LogP contribution in [0.2, 0.25) is 0 Å². The molecule has 0 bridgehead atoms. The van der Waals surface area contributed by atoms with Gasteiger partial charge in [-0.15, -0.1) is 16.8 Å². The van der Waals surface area contributed by atoms with E-state index in [1.807, 2.05) is 41.8 Å². The van der Waals surface area contributed by atoms with Crippen LogP contribution in [0.15, 0.2) is 74.1 Å². The second-order valence-electron chi connectivity index (χ2n) is 6.06. The van der Waals surface area contributed by atoms with Crippen LogP contribution in [0.3, 0.4) is 0 Å². The molecule has 0 unspecified atom stereocenters. The molecule has 6 nitrogen and oxygen atoms in total. The van der Waals surface area contributed by atoms with Gasteiger partial charge in [0.15, 0.2) is 10.9 Å². The zero-order valence-electron chi connectivity index (χ0n) is 14.7. The molecule has 4 rings (SSSR count). The maximum Gasteiger partial charge on any atom is 0.336 e. The molecule has 0 spiro atoms. The molecule has 3 aromatic heterocycles. The summed E-state index contributed by atoms with van der Waals surface area (Å²) in [7, 11) is 0. The fraction of sp³-hybridized carbons (Fsp3) is 0.150. The van der Waals surface area contributed by atoms with E-state index >= 15 is 0 Å². The Hall–Kier alpha value is -3.06. The van der Waals surface area contributed by atoms with E-state index in [0.717, 1.165) is 21.7 Å². The van der Waals surface area contributed by atoms with Crippen molar-refractivity contribution in [3.8, 4) is 11.6 Å². The molecule has 0 atom stereocenters. The van der Waals surface area contributed by atoms with Gasteiger partial charge in [-0.25, -0.2) is 4.79 Å². The second kappa shape index (κ2) is 7.28. The number of allylic oxidation sites excluding steroid dienone is 1. The Labute approximate surface area is 159 Å². The first-order valence-electron chi connectivity index (χ1n) is 8.40. The summed E-state index contributed by atoms with van der Waals surface area (Å²) in [5.74, 6) is 1.87. The maximum absolute atomic E-state index is 11.9. The van der Waals surface area contributed by atoms with Crippen molar-refractivity contribution in [2.45, 2.75) is 24.4 Å². The van der Waals surface area contributed by atoms with Gasteiger partial charge in [0.1, 0.15) is 5.58 Å². The first-order valence-corrected chi connectivity index (χ1v) is 9.38. The van der Waals surface area contributed by atoms with Crippen LogP contribution in [0.25, 0.3) is 22.6 Å². The highest BCUT2D eigenvalue weighted by atomic mass is 32.2. The van der Waals surface area contributed by atoms with Crippen LogP contribution in [0.5, 0.6) is 0 Å². The molecule has 3 heterocycles. The fourth-order valence-electron chi connectivity index (χ4n) is 2.88. The van der Waals surface area contributed by atoms with Gasteiger partial charge in [-0.2, -0.15) is 0 Å². The Morgan fingerprint density at radius 3 is 2.93 bits per heavy atom. The van der Waals surface area contributed by atoms with Gasteiger partial charge in [-0.1, -0.05) is 30.0 Å². The van der Waals surface area contributed by atoms with Gasteiger partial charge in [0.2, 0.25) is 5.82 Å².